The molecular weight excluding hydrogens is 262 g/mol. The van der Waals surface area contributed by atoms with Crippen molar-refractivity contribution in [2.75, 3.05) is 26.2 Å². The van der Waals surface area contributed by atoms with Crippen molar-refractivity contribution in [2.24, 2.45) is 0 Å². The molecule has 7 nitrogen and oxygen atoms in total. The van der Waals surface area contributed by atoms with Crippen LogP contribution in [0, 0.1) is 0 Å². The van der Waals surface area contributed by atoms with E-state index in [4.69, 9.17) is 5.11 Å². The number of urea groups is 1. The average molecular weight is 285 g/mol. The molecule has 0 bridgehead atoms. The number of carboxylic acid groups (broad SMARTS) is 1. The van der Waals surface area contributed by atoms with Gasteiger partial charge in [-0.2, -0.15) is 0 Å². The van der Waals surface area contributed by atoms with Gasteiger partial charge in [-0.1, -0.05) is 0 Å². The van der Waals surface area contributed by atoms with Crippen molar-refractivity contribution in [3.63, 3.8) is 0 Å². The van der Waals surface area contributed by atoms with E-state index < -0.39 is 12.0 Å². The molecule has 7 heteroatoms. The molecule has 1 heterocycles. The van der Waals surface area contributed by atoms with E-state index in [-0.39, 0.29) is 24.9 Å². The van der Waals surface area contributed by atoms with Crippen molar-refractivity contribution in [3.05, 3.63) is 0 Å². The highest BCUT2D eigenvalue weighted by molar-refractivity contribution is 5.87. The van der Waals surface area contributed by atoms with Crippen molar-refractivity contribution in [1.29, 1.82) is 0 Å². The number of likely N-dealkylation sites (tertiary alicyclic amines) is 1. The summed E-state index contributed by atoms with van der Waals surface area (Å²) in [6, 6.07) is -0.769. The molecule has 0 radical (unpaired) electrons. The number of carbonyl (C=O) groups is 3. The average Bonchev–Trinajstić information content (AvgIpc) is 2.88. The summed E-state index contributed by atoms with van der Waals surface area (Å²) in [7, 11) is 0. The first-order chi connectivity index (χ1) is 9.51. The van der Waals surface area contributed by atoms with Gasteiger partial charge in [-0.15, -0.1) is 0 Å². The second kappa shape index (κ2) is 7.72. The van der Waals surface area contributed by atoms with Gasteiger partial charge in [0.1, 0.15) is 6.04 Å². The Bertz CT molecular complexity index is 369. The smallest absolute Gasteiger partial charge is 0.318 e. The lowest BCUT2D eigenvalue weighted by Gasteiger charge is -2.29. The van der Waals surface area contributed by atoms with Gasteiger partial charge in [-0.05, 0) is 26.7 Å². The minimum absolute atomic E-state index is 0.0270. The lowest BCUT2D eigenvalue weighted by atomic mass is 10.2. The zero-order chi connectivity index (χ0) is 15.1. The Morgan fingerprint density at radius 2 is 1.95 bits per heavy atom. The number of carboxylic acids is 1. The molecule has 1 fully saturated rings. The maximum Gasteiger partial charge on any atom is 0.318 e. The summed E-state index contributed by atoms with van der Waals surface area (Å²) in [5, 5.41) is 11.1. The Hall–Kier alpha value is -1.79. The maximum atomic E-state index is 12.3. The molecule has 0 aliphatic carbocycles. The topological polar surface area (TPSA) is 90.0 Å². The van der Waals surface area contributed by atoms with Crippen LogP contribution in [0.25, 0.3) is 0 Å². The van der Waals surface area contributed by atoms with E-state index >= 15 is 0 Å². The van der Waals surface area contributed by atoms with E-state index in [2.05, 4.69) is 5.32 Å². The first-order valence-electron chi connectivity index (χ1n) is 7.06. The van der Waals surface area contributed by atoms with Crippen LogP contribution < -0.4 is 5.32 Å². The van der Waals surface area contributed by atoms with Gasteiger partial charge in [0.05, 0.1) is 6.42 Å². The Balaban J connectivity index is 2.57. The highest BCUT2D eigenvalue weighted by Crippen LogP contribution is 2.19. The van der Waals surface area contributed by atoms with Crippen LogP contribution in [0.2, 0.25) is 0 Å². The molecule has 1 rings (SSSR count). The van der Waals surface area contributed by atoms with Crippen LogP contribution in [0.4, 0.5) is 4.79 Å². The summed E-state index contributed by atoms with van der Waals surface area (Å²) in [4.78, 5) is 38.0. The number of nitrogens with one attached hydrogen (secondary N) is 1. The number of nitrogens with zero attached hydrogens (tertiary/aromatic N) is 2. The van der Waals surface area contributed by atoms with E-state index in [1.54, 1.807) is 4.90 Å². The van der Waals surface area contributed by atoms with Crippen LogP contribution in [0.3, 0.4) is 0 Å². The lowest BCUT2D eigenvalue weighted by Crippen LogP contribution is -2.50. The maximum absolute atomic E-state index is 12.3. The van der Waals surface area contributed by atoms with Crippen molar-refractivity contribution in [3.8, 4) is 0 Å². The summed E-state index contributed by atoms with van der Waals surface area (Å²) in [5.74, 6) is -0.983. The molecule has 2 N–H and O–H groups in total. The summed E-state index contributed by atoms with van der Waals surface area (Å²) < 4.78 is 0. The van der Waals surface area contributed by atoms with E-state index in [1.165, 1.54) is 4.90 Å². The molecule has 114 valence electrons. The fraction of sp³-hybridized carbons (Fsp3) is 0.769. The van der Waals surface area contributed by atoms with Crippen molar-refractivity contribution < 1.29 is 19.5 Å². The molecule has 1 aliphatic rings. The largest absolute Gasteiger partial charge is 0.481 e. The summed E-state index contributed by atoms with van der Waals surface area (Å²) in [5.41, 5.74) is 0. The summed E-state index contributed by atoms with van der Waals surface area (Å²) >= 11 is 0. The van der Waals surface area contributed by atoms with Gasteiger partial charge in [0.2, 0.25) is 5.91 Å². The van der Waals surface area contributed by atoms with E-state index in [0.717, 1.165) is 6.42 Å². The van der Waals surface area contributed by atoms with Gasteiger partial charge >= 0.3 is 12.0 Å². The van der Waals surface area contributed by atoms with Crippen molar-refractivity contribution in [2.45, 2.75) is 39.2 Å². The Kier molecular flexibility index (Phi) is 6.27. The first kappa shape index (κ1) is 16.3. The zero-order valence-corrected chi connectivity index (χ0v) is 12.1. The number of hydrogen-bond donors (Lipinski definition) is 2. The van der Waals surface area contributed by atoms with E-state index in [1.807, 2.05) is 13.8 Å². The van der Waals surface area contributed by atoms with Gasteiger partial charge in [-0.3, -0.25) is 9.59 Å². The highest BCUT2D eigenvalue weighted by Gasteiger charge is 2.35. The third kappa shape index (κ3) is 4.11. The van der Waals surface area contributed by atoms with Crippen LogP contribution in [-0.2, 0) is 9.59 Å². The Labute approximate surface area is 118 Å². The number of aliphatic carboxylic acids is 1. The summed E-state index contributed by atoms with van der Waals surface area (Å²) in [6.45, 7) is 5.69. The molecule has 0 aromatic carbocycles. The Morgan fingerprint density at radius 3 is 2.50 bits per heavy atom. The highest BCUT2D eigenvalue weighted by atomic mass is 16.4. The molecule has 0 spiro atoms. The molecule has 1 saturated heterocycles. The molecule has 20 heavy (non-hydrogen) atoms. The van der Waals surface area contributed by atoms with Crippen LogP contribution in [0.15, 0.2) is 0 Å². The third-order valence-corrected chi connectivity index (χ3v) is 3.49. The van der Waals surface area contributed by atoms with Crippen LogP contribution in [0.5, 0.6) is 0 Å². The van der Waals surface area contributed by atoms with E-state index in [9.17, 15) is 14.4 Å². The molecule has 3 amide bonds. The standard InChI is InChI=1S/C13H23N3O4/c1-3-15(4-2)12(19)10-6-5-9-16(10)13(20)14-8-7-11(17)18/h10H,3-9H2,1-2H3,(H,14,20)(H,17,18). The van der Waals surface area contributed by atoms with Crippen molar-refractivity contribution in [1.82, 2.24) is 15.1 Å². The minimum Gasteiger partial charge on any atom is -0.481 e. The van der Waals surface area contributed by atoms with Gasteiger partial charge in [0.15, 0.2) is 0 Å². The number of likely N-dealkylation sites (N-methyl/N-ethyl adjacent to an activating group) is 1. The number of hydrogen-bond acceptors (Lipinski definition) is 3. The zero-order valence-electron chi connectivity index (χ0n) is 12.1. The molecule has 1 aliphatic heterocycles. The molecular formula is C13H23N3O4. The van der Waals surface area contributed by atoms with Gasteiger partial charge in [0.25, 0.3) is 0 Å². The van der Waals surface area contributed by atoms with E-state index in [0.29, 0.717) is 26.1 Å². The predicted octanol–water partition coefficient (Wildman–Crippen LogP) is 0.504. The lowest BCUT2D eigenvalue weighted by molar-refractivity contribution is -0.137. The minimum atomic E-state index is -0.956. The number of rotatable bonds is 6. The fourth-order valence-electron chi connectivity index (χ4n) is 2.39. The third-order valence-electron chi connectivity index (χ3n) is 3.49. The monoisotopic (exact) mass is 285 g/mol. The van der Waals surface area contributed by atoms with Crippen LogP contribution >= 0.6 is 0 Å². The normalized spacial score (nSPS) is 17.9. The molecule has 0 aromatic rings. The van der Waals surface area contributed by atoms with Gasteiger partial charge < -0.3 is 20.2 Å². The molecule has 0 aromatic heterocycles. The predicted molar refractivity (Wildman–Crippen MR) is 73.3 cm³/mol. The van der Waals surface area contributed by atoms with Gasteiger partial charge in [-0.25, -0.2) is 4.79 Å². The first-order valence-corrected chi connectivity index (χ1v) is 7.06. The second-order valence-electron chi connectivity index (χ2n) is 4.74. The Morgan fingerprint density at radius 1 is 1.30 bits per heavy atom. The molecule has 0 saturated carbocycles. The quantitative estimate of drug-likeness (QED) is 0.743. The van der Waals surface area contributed by atoms with Crippen LogP contribution in [-0.4, -0.2) is 65.0 Å². The molecule has 1 atom stereocenters. The number of amides is 3. The second-order valence-corrected chi connectivity index (χ2v) is 4.74. The van der Waals surface area contributed by atoms with Crippen molar-refractivity contribution >= 4 is 17.9 Å². The van der Waals surface area contributed by atoms with Gasteiger partial charge in [0, 0.05) is 26.2 Å². The summed E-state index contributed by atoms with van der Waals surface area (Å²) in [6.07, 6.45) is 1.35. The molecule has 1 unspecified atom stereocenters. The SMILES string of the molecule is CCN(CC)C(=O)C1CCCN1C(=O)NCCC(=O)O. The number of carbonyl (C=O) groups excluding carboxylic acids is 2. The van der Waals surface area contributed by atoms with Crippen LogP contribution in [0.1, 0.15) is 33.1 Å². The fourth-order valence-corrected chi connectivity index (χ4v) is 2.39.